The quantitative estimate of drug-likeness (QED) is 0.618. The van der Waals surface area contributed by atoms with Crippen LogP contribution in [0.25, 0.3) is 0 Å². The maximum absolute atomic E-state index is 10.6. The molecule has 3 rings (SSSR count). The number of carbonyl (C=O) groups is 1. The van der Waals surface area contributed by atoms with Crippen LogP contribution in [0.15, 0.2) is 12.3 Å². The Morgan fingerprint density at radius 1 is 1.39 bits per heavy atom. The van der Waals surface area contributed by atoms with Crippen LogP contribution in [0.2, 0.25) is 0 Å². The molecule has 3 N–H and O–H groups in total. The van der Waals surface area contributed by atoms with E-state index in [0.717, 1.165) is 32.2 Å². The van der Waals surface area contributed by atoms with E-state index < -0.39 is 0 Å². The molecule has 168 valence electrons. The van der Waals surface area contributed by atoms with Crippen molar-refractivity contribution < 1.29 is 9.53 Å². The van der Waals surface area contributed by atoms with Crippen LogP contribution < -0.4 is 15.8 Å². The van der Waals surface area contributed by atoms with Crippen LogP contribution >= 0.6 is 11.3 Å². The number of aldehydes is 1. The first-order valence-electron chi connectivity index (χ1n) is 10.2. The van der Waals surface area contributed by atoms with Gasteiger partial charge in [0.25, 0.3) is 0 Å². The van der Waals surface area contributed by atoms with Gasteiger partial charge in [0.15, 0.2) is 5.13 Å². The summed E-state index contributed by atoms with van der Waals surface area (Å²) in [6.07, 6.45) is 4.50. The molecular formula is C21H31N7O2S. The van der Waals surface area contributed by atoms with Crippen molar-refractivity contribution >= 4 is 28.6 Å². The van der Waals surface area contributed by atoms with Gasteiger partial charge in [0.2, 0.25) is 5.88 Å². The van der Waals surface area contributed by atoms with Crippen molar-refractivity contribution in [3.05, 3.63) is 23.0 Å². The van der Waals surface area contributed by atoms with Gasteiger partial charge in [-0.25, -0.2) is 9.97 Å². The predicted octanol–water partition coefficient (Wildman–Crippen LogP) is 2.89. The Labute approximate surface area is 187 Å². The van der Waals surface area contributed by atoms with Gasteiger partial charge in [-0.05, 0) is 59.5 Å². The zero-order valence-corrected chi connectivity index (χ0v) is 19.4. The molecular weight excluding hydrogens is 414 g/mol. The summed E-state index contributed by atoms with van der Waals surface area (Å²) in [6, 6.07) is 3.80. The highest BCUT2D eigenvalue weighted by atomic mass is 32.1. The van der Waals surface area contributed by atoms with Crippen LogP contribution in [0.4, 0.5) is 10.9 Å². The first-order chi connectivity index (χ1) is 14.7. The topological polar surface area (TPSA) is 130 Å². The van der Waals surface area contributed by atoms with Gasteiger partial charge in [-0.15, -0.1) is 0 Å². The lowest BCUT2D eigenvalue weighted by Gasteiger charge is -2.30. The number of ether oxygens (including phenoxy) is 1. The molecule has 10 heteroatoms. The summed E-state index contributed by atoms with van der Waals surface area (Å²) in [5.41, 5.74) is 5.35. The zero-order chi connectivity index (χ0) is 22.9. The molecule has 0 saturated carbocycles. The minimum Gasteiger partial charge on any atom is -0.477 e. The number of rotatable bonds is 7. The van der Waals surface area contributed by atoms with E-state index in [1.165, 1.54) is 17.5 Å². The number of likely N-dealkylation sites (tertiary alicyclic amines) is 1. The summed E-state index contributed by atoms with van der Waals surface area (Å²) in [5, 5.41) is 12.6. The number of piperidine rings is 1. The van der Waals surface area contributed by atoms with E-state index in [2.05, 4.69) is 31.2 Å². The molecule has 1 fully saturated rings. The Balaban J connectivity index is 0.000000614. The standard InChI is InChI=1S/C17H20N6O2S.C4H11N/c1-12-20-15(22-17-19-10-14(9-18)26-17)8-16(21-12)25-11-13-2-4-23(5-3-13)6-7-24;1-4(2,3)5/h7-8,10,13H,2-6,11H2,1H3,(H,19,20,21,22);5H2,1-3H3. The third kappa shape index (κ3) is 9.83. The van der Waals surface area contributed by atoms with Crippen molar-refractivity contribution in [1.82, 2.24) is 19.9 Å². The highest BCUT2D eigenvalue weighted by molar-refractivity contribution is 7.16. The van der Waals surface area contributed by atoms with Gasteiger partial charge in [0.05, 0.1) is 19.3 Å². The second-order valence-corrected chi connectivity index (χ2v) is 9.52. The molecule has 0 aliphatic carbocycles. The van der Waals surface area contributed by atoms with E-state index in [0.29, 0.717) is 46.6 Å². The number of carbonyl (C=O) groups excluding carboxylic acids is 1. The minimum atomic E-state index is 0. The number of nitrogens with two attached hydrogens (primary N) is 1. The number of nitrogens with zero attached hydrogens (tertiary/aromatic N) is 5. The van der Waals surface area contributed by atoms with Crippen LogP contribution in [-0.2, 0) is 4.79 Å². The fraction of sp³-hybridized carbons (Fsp3) is 0.571. The van der Waals surface area contributed by atoms with Gasteiger partial charge >= 0.3 is 0 Å². The molecule has 0 amide bonds. The Hall–Kier alpha value is -2.61. The van der Waals surface area contributed by atoms with E-state index >= 15 is 0 Å². The first kappa shape index (κ1) is 24.7. The summed E-state index contributed by atoms with van der Waals surface area (Å²) in [5.74, 6) is 2.17. The van der Waals surface area contributed by atoms with Gasteiger partial charge in [0.1, 0.15) is 28.9 Å². The summed E-state index contributed by atoms with van der Waals surface area (Å²) in [7, 11) is 0. The largest absolute Gasteiger partial charge is 0.477 e. The third-order valence-electron chi connectivity index (χ3n) is 4.17. The molecule has 1 aliphatic heterocycles. The summed E-state index contributed by atoms with van der Waals surface area (Å²) in [4.78, 5) is 26.1. The van der Waals surface area contributed by atoms with E-state index in [4.69, 9.17) is 15.7 Å². The highest BCUT2D eigenvalue weighted by Crippen LogP contribution is 2.24. The van der Waals surface area contributed by atoms with Crippen molar-refractivity contribution in [1.29, 1.82) is 5.26 Å². The average Bonchev–Trinajstić information content (AvgIpc) is 3.13. The van der Waals surface area contributed by atoms with E-state index in [-0.39, 0.29) is 5.54 Å². The maximum atomic E-state index is 10.6. The van der Waals surface area contributed by atoms with Crippen molar-refractivity contribution in [2.75, 3.05) is 31.6 Å². The number of nitriles is 1. The lowest BCUT2D eigenvalue weighted by molar-refractivity contribution is -0.109. The molecule has 1 aliphatic rings. The SMILES string of the molecule is CC(C)(C)N.Cc1nc(Nc2ncc(C#N)s2)cc(OCC2CCN(CC=O)CC2)n1. The number of hydrogen-bond acceptors (Lipinski definition) is 10. The molecule has 31 heavy (non-hydrogen) atoms. The first-order valence-corrected chi connectivity index (χ1v) is 11.0. The Morgan fingerprint density at radius 2 is 2.06 bits per heavy atom. The molecule has 0 radical (unpaired) electrons. The smallest absolute Gasteiger partial charge is 0.218 e. The van der Waals surface area contributed by atoms with E-state index in [1.54, 1.807) is 13.0 Å². The fourth-order valence-corrected chi connectivity index (χ4v) is 3.44. The number of aromatic nitrogens is 3. The van der Waals surface area contributed by atoms with Gasteiger partial charge < -0.3 is 20.6 Å². The van der Waals surface area contributed by atoms with Crippen molar-refractivity contribution in [3.63, 3.8) is 0 Å². The Morgan fingerprint density at radius 3 is 2.65 bits per heavy atom. The van der Waals surface area contributed by atoms with E-state index in [1.807, 2.05) is 20.8 Å². The maximum Gasteiger partial charge on any atom is 0.218 e. The second kappa shape index (κ2) is 11.7. The normalized spacial score (nSPS) is 14.8. The lowest BCUT2D eigenvalue weighted by atomic mass is 9.98. The number of hydrogen-bond donors (Lipinski definition) is 2. The van der Waals surface area contributed by atoms with Crippen LogP contribution in [0.1, 0.15) is 44.3 Å². The molecule has 0 spiro atoms. The van der Waals surface area contributed by atoms with E-state index in [9.17, 15) is 4.79 Å². The van der Waals surface area contributed by atoms with Crippen molar-refractivity contribution in [2.45, 2.75) is 46.1 Å². The summed E-state index contributed by atoms with van der Waals surface area (Å²) in [6.45, 7) is 10.7. The summed E-state index contributed by atoms with van der Waals surface area (Å²) < 4.78 is 5.88. The molecule has 0 unspecified atom stereocenters. The minimum absolute atomic E-state index is 0. The Bertz CT molecular complexity index is 875. The molecule has 2 aromatic rings. The van der Waals surface area contributed by atoms with Crippen LogP contribution in [0.3, 0.4) is 0 Å². The van der Waals surface area contributed by atoms with Gasteiger partial charge in [-0.3, -0.25) is 4.90 Å². The number of nitrogens with one attached hydrogen (secondary N) is 1. The molecule has 0 atom stereocenters. The fourth-order valence-electron chi connectivity index (χ4n) is 2.82. The molecule has 2 aromatic heterocycles. The Kier molecular flexibility index (Phi) is 9.30. The van der Waals surface area contributed by atoms with Crippen molar-refractivity contribution in [3.8, 4) is 11.9 Å². The van der Waals surface area contributed by atoms with Crippen molar-refractivity contribution in [2.24, 2.45) is 11.7 Å². The molecule has 0 bridgehead atoms. The molecule has 3 heterocycles. The van der Waals surface area contributed by atoms with Crippen LogP contribution in [0.5, 0.6) is 5.88 Å². The molecule has 0 aromatic carbocycles. The summed E-state index contributed by atoms with van der Waals surface area (Å²) >= 11 is 1.27. The monoisotopic (exact) mass is 445 g/mol. The van der Waals surface area contributed by atoms with Gasteiger partial charge in [0, 0.05) is 11.6 Å². The number of thiazole rings is 1. The number of aryl methyl sites for hydroxylation is 1. The molecule has 9 nitrogen and oxygen atoms in total. The highest BCUT2D eigenvalue weighted by Gasteiger charge is 2.19. The average molecular weight is 446 g/mol. The van der Waals surface area contributed by atoms with Gasteiger partial charge in [-0.2, -0.15) is 10.2 Å². The third-order valence-corrected chi connectivity index (χ3v) is 4.99. The predicted molar refractivity (Wildman–Crippen MR) is 122 cm³/mol. The number of anilines is 2. The van der Waals surface area contributed by atoms with Crippen LogP contribution in [0, 0.1) is 24.2 Å². The zero-order valence-electron chi connectivity index (χ0n) is 18.6. The van der Waals surface area contributed by atoms with Gasteiger partial charge in [-0.1, -0.05) is 11.3 Å². The molecule has 1 saturated heterocycles. The lowest BCUT2D eigenvalue weighted by Crippen LogP contribution is -2.36. The second-order valence-electron chi connectivity index (χ2n) is 8.49. The van der Waals surface area contributed by atoms with Crippen LogP contribution in [-0.4, -0.2) is 57.9 Å².